The van der Waals surface area contributed by atoms with E-state index < -0.39 is 0 Å². The standard InChI is InChI=1S/C17H18N4OS/c1-23-15-9-5-4-8-14(15)21-17(22)18-11-10-16-19-12-6-2-3-7-13(12)20-16/h2-9H,10-11H2,1H3,(H,19,20)(H2,18,21,22). The van der Waals surface area contributed by atoms with Crippen LogP contribution in [-0.4, -0.2) is 28.8 Å². The Kier molecular flexibility index (Phi) is 4.83. The number of nitrogens with one attached hydrogen (secondary N) is 3. The molecular formula is C17H18N4OS. The second-order valence-corrected chi connectivity index (χ2v) is 5.88. The predicted molar refractivity (Wildman–Crippen MR) is 95.0 cm³/mol. The van der Waals surface area contributed by atoms with E-state index in [1.54, 1.807) is 11.8 Å². The Balaban J connectivity index is 1.53. The second kappa shape index (κ2) is 7.19. The first-order valence-corrected chi connectivity index (χ1v) is 8.60. The van der Waals surface area contributed by atoms with E-state index in [0.29, 0.717) is 13.0 Å². The van der Waals surface area contributed by atoms with E-state index in [1.807, 2.05) is 54.8 Å². The molecule has 3 rings (SSSR count). The van der Waals surface area contributed by atoms with Gasteiger partial charge in [0.05, 0.1) is 16.7 Å². The number of H-pyrrole nitrogens is 1. The molecule has 118 valence electrons. The van der Waals surface area contributed by atoms with Crippen LogP contribution >= 0.6 is 11.8 Å². The Labute approximate surface area is 138 Å². The molecule has 0 spiro atoms. The van der Waals surface area contributed by atoms with Crippen molar-refractivity contribution in [2.24, 2.45) is 0 Å². The maximum absolute atomic E-state index is 12.0. The van der Waals surface area contributed by atoms with Crippen molar-refractivity contribution in [1.82, 2.24) is 15.3 Å². The second-order valence-electron chi connectivity index (χ2n) is 5.03. The smallest absolute Gasteiger partial charge is 0.319 e. The Bertz CT molecular complexity index is 782. The zero-order valence-electron chi connectivity index (χ0n) is 12.8. The van der Waals surface area contributed by atoms with Crippen molar-refractivity contribution >= 4 is 34.5 Å². The van der Waals surface area contributed by atoms with Gasteiger partial charge < -0.3 is 15.6 Å². The number of hydrogen-bond donors (Lipinski definition) is 3. The van der Waals surface area contributed by atoms with Gasteiger partial charge in [-0.2, -0.15) is 0 Å². The summed E-state index contributed by atoms with van der Waals surface area (Å²) in [4.78, 5) is 20.8. The number of thioether (sulfide) groups is 1. The minimum absolute atomic E-state index is 0.206. The largest absolute Gasteiger partial charge is 0.342 e. The molecule has 2 amide bonds. The third kappa shape index (κ3) is 3.84. The molecule has 6 heteroatoms. The minimum atomic E-state index is -0.206. The lowest BCUT2D eigenvalue weighted by Crippen LogP contribution is -2.30. The van der Waals surface area contributed by atoms with Crippen LogP contribution in [0.2, 0.25) is 0 Å². The highest BCUT2D eigenvalue weighted by Gasteiger charge is 2.06. The lowest BCUT2D eigenvalue weighted by atomic mass is 10.3. The first-order valence-electron chi connectivity index (χ1n) is 7.38. The average Bonchev–Trinajstić information content (AvgIpc) is 2.98. The molecule has 0 aliphatic carbocycles. The molecule has 23 heavy (non-hydrogen) atoms. The van der Waals surface area contributed by atoms with Gasteiger partial charge >= 0.3 is 6.03 Å². The molecule has 1 aromatic heterocycles. The maximum Gasteiger partial charge on any atom is 0.319 e. The Hall–Kier alpha value is -2.47. The minimum Gasteiger partial charge on any atom is -0.342 e. The van der Waals surface area contributed by atoms with Crippen LogP contribution in [0.3, 0.4) is 0 Å². The molecule has 0 saturated carbocycles. The van der Waals surface area contributed by atoms with Gasteiger partial charge in [-0.3, -0.25) is 0 Å². The number of aromatic nitrogens is 2. The summed E-state index contributed by atoms with van der Waals surface area (Å²) in [6.45, 7) is 0.521. The lowest BCUT2D eigenvalue weighted by molar-refractivity contribution is 0.252. The summed E-state index contributed by atoms with van der Waals surface area (Å²) in [5.74, 6) is 0.871. The van der Waals surface area contributed by atoms with E-state index in [9.17, 15) is 4.79 Å². The van der Waals surface area contributed by atoms with E-state index in [0.717, 1.165) is 27.4 Å². The molecule has 0 bridgehead atoms. The van der Waals surface area contributed by atoms with Crippen LogP contribution in [0.4, 0.5) is 10.5 Å². The third-order valence-corrected chi connectivity index (χ3v) is 4.24. The van der Waals surface area contributed by atoms with Crippen molar-refractivity contribution < 1.29 is 4.79 Å². The number of nitrogens with zero attached hydrogens (tertiary/aromatic N) is 1. The highest BCUT2D eigenvalue weighted by Crippen LogP contribution is 2.24. The number of fused-ring (bicyclic) bond motifs is 1. The molecule has 0 radical (unpaired) electrons. The van der Waals surface area contributed by atoms with E-state index in [2.05, 4.69) is 20.6 Å². The van der Waals surface area contributed by atoms with Gasteiger partial charge in [-0.05, 0) is 30.5 Å². The Morgan fingerprint density at radius 2 is 1.96 bits per heavy atom. The van der Waals surface area contributed by atoms with Gasteiger partial charge in [-0.1, -0.05) is 24.3 Å². The molecule has 0 fully saturated rings. The number of aromatic amines is 1. The number of benzene rings is 2. The number of carbonyl (C=O) groups excluding carboxylic acids is 1. The average molecular weight is 326 g/mol. The number of carbonyl (C=O) groups is 1. The summed E-state index contributed by atoms with van der Waals surface area (Å²) in [6.07, 6.45) is 2.65. The van der Waals surface area contributed by atoms with Crippen LogP contribution < -0.4 is 10.6 Å². The SMILES string of the molecule is CSc1ccccc1NC(=O)NCCc1nc2ccccc2[nH]1. The predicted octanol–water partition coefficient (Wildman–Crippen LogP) is 3.65. The van der Waals surface area contributed by atoms with Crippen LogP contribution in [0.25, 0.3) is 11.0 Å². The van der Waals surface area contributed by atoms with Gasteiger partial charge in [0.2, 0.25) is 0 Å². The highest BCUT2D eigenvalue weighted by molar-refractivity contribution is 7.98. The van der Waals surface area contributed by atoms with E-state index in [1.165, 1.54) is 0 Å². The number of rotatable bonds is 5. The van der Waals surface area contributed by atoms with E-state index >= 15 is 0 Å². The first-order chi connectivity index (χ1) is 11.3. The van der Waals surface area contributed by atoms with Crippen molar-refractivity contribution in [3.05, 3.63) is 54.4 Å². The molecule has 1 heterocycles. The molecule has 0 atom stereocenters. The van der Waals surface area contributed by atoms with Crippen LogP contribution in [0.5, 0.6) is 0 Å². The van der Waals surface area contributed by atoms with Crippen molar-refractivity contribution in [3.8, 4) is 0 Å². The van der Waals surface area contributed by atoms with Crippen LogP contribution in [0.15, 0.2) is 53.4 Å². The van der Waals surface area contributed by atoms with Crippen molar-refractivity contribution in [2.75, 3.05) is 18.1 Å². The van der Waals surface area contributed by atoms with Crippen molar-refractivity contribution in [3.63, 3.8) is 0 Å². The van der Waals surface area contributed by atoms with Gasteiger partial charge in [-0.15, -0.1) is 11.8 Å². The highest BCUT2D eigenvalue weighted by atomic mass is 32.2. The number of hydrogen-bond acceptors (Lipinski definition) is 3. The molecule has 5 nitrogen and oxygen atoms in total. The number of imidazole rings is 1. The van der Waals surface area contributed by atoms with E-state index in [4.69, 9.17) is 0 Å². The van der Waals surface area contributed by atoms with Crippen LogP contribution in [0, 0.1) is 0 Å². The third-order valence-electron chi connectivity index (χ3n) is 3.44. The van der Waals surface area contributed by atoms with Crippen LogP contribution in [0.1, 0.15) is 5.82 Å². The summed E-state index contributed by atoms with van der Waals surface area (Å²) in [5.41, 5.74) is 2.78. The molecule has 0 saturated heterocycles. The Morgan fingerprint density at radius 1 is 1.17 bits per heavy atom. The molecule has 3 N–H and O–H groups in total. The number of amides is 2. The zero-order chi connectivity index (χ0) is 16.1. The lowest BCUT2D eigenvalue weighted by Gasteiger charge is -2.10. The molecular weight excluding hydrogens is 308 g/mol. The molecule has 2 aromatic carbocycles. The zero-order valence-corrected chi connectivity index (χ0v) is 13.6. The van der Waals surface area contributed by atoms with Crippen molar-refractivity contribution in [2.45, 2.75) is 11.3 Å². The topological polar surface area (TPSA) is 69.8 Å². The van der Waals surface area contributed by atoms with Gasteiger partial charge in [-0.25, -0.2) is 9.78 Å². The Morgan fingerprint density at radius 3 is 2.78 bits per heavy atom. The summed E-state index contributed by atoms with van der Waals surface area (Å²) >= 11 is 1.60. The molecule has 0 aliphatic rings. The molecule has 3 aromatic rings. The fourth-order valence-electron chi connectivity index (χ4n) is 2.33. The van der Waals surface area contributed by atoms with E-state index in [-0.39, 0.29) is 6.03 Å². The van der Waals surface area contributed by atoms with Crippen LogP contribution in [-0.2, 0) is 6.42 Å². The fraction of sp³-hybridized carbons (Fsp3) is 0.176. The quantitative estimate of drug-likeness (QED) is 0.627. The van der Waals surface area contributed by atoms with Gasteiger partial charge in [0.1, 0.15) is 5.82 Å². The summed E-state index contributed by atoms with van der Waals surface area (Å²) < 4.78 is 0. The summed E-state index contributed by atoms with van der Waals surface area (Å²) in [5, 5.41) is 5.73. The first kappa shape index (κ1) is 15.4. The van der Waals surface area contributed by atoms with Gasteiger partial charge in [0, 0.05) is 17.9 Å². The van der Waals surface area contributed by atoms with Crippen molar-refractivity contribution in [1.29, 1.82) is 0 Å². The normalized spacial score (nSPS) is 10.7. The number of urea groups is 1. The molecule has 0 unspecified atom stereocenters. The fourth-order valence-corrected chi connectivity index (χ4v) is 2.89. The number of anilines is 1. The molecule has 0 aliphatic heterocycles. The van der Waals surface area contributed by atoms with Gasteiger partial charge in [0.15, 0.2) is 0 Å². The van der Waals surface area contributed by atoms with Gasteiger partial charge in [0.25, 0.3) is 0 Å². The number of para-hydroxylation sites is 3. The maximum atomic E-state index is 12.0. The summed E-state index contributed by atoms with van der Waals surface area (Å²) in [7, 11) is 0. The monoisotopic (exact) mass is 326 g/mol. The summed E-state index contributed by atoms with van der Waals surface area (Å²) in [6, 6.07) is 15.4.